The van der Waals surface area contributed by atoms with Gasteiger partial charge in [-0.05, 0) is 66.6 Å². The van der Waals surface area contributed by atoms with E-state index in [-0.39, 0.29) is 0 Å². The van der Waals surface area contributed by atoms with Crippen molar-refractivity contribution in [2.75, 3.05) is 46.3 Å². The molecule has 2 aliphatic heterocycles. The maximum Gasteiger partial charge on any atom is 0.0280 e. The topological polar surface area (TPSA) is 9.72 Å². The van der Waals surface area contributed by atoms with Crippen LogP contribution in [0.2, 0.25) is 0 Å². The molecule has 0 N–H and O–H groups in total. The fourth-order valence-corrected chi connectivity index (χ4v) is 3.74. The summed E-state index contributed by atoms with van der Waals surface area (Å²) in [6.07, 6.45) is 2.78. The minimum Gasteiger partial charge on any atom is -0.303 e. The quantitative estimate of drug-likeness (QED) is 0.792. The van der Waals surface area contributed by atoms with E-state index < -0.39 is 0 Å². The Balaban J connectivity index is 0.00000106. The summed E-state index contributed by atoms with van der Waals surface area (Å²) in [5.41, 5.74) is 0.349. The van der Waals surface area contributed by atoms with Crippen LogP contribution < -0.4 is 0 Å². The van der Waals surface area contributed by atoms with Gasteiger partial charge in [0, 0.05) is 37.8 Å². The molecule has 2 rings (SSSR count). The molecule has 0 unspecified atom stereocenters. The number of likely N-dealkylation sites (N-methyl/N-ethyl adjacent to an activating group) is 1. The fraction of sp³-hybridized carbons (Fsp3) is 1.00. The van der Waals surface area contributed by atoms with Crippen LogP contribution in [0.25, 0.3) is 0 Å². The summed E-state index contributed by atoms with van der Waals surface area (Å²) >= 11 is 0. The van der Waals surface area contributed by atoms with Gasteiger partial charge in [0.05, 0.1) is 0 Å². The lowest BCUT2D eigenvalue weighted by atomic mass is 9.91. The van der Waals surface area contributed by atoms with E-state index in [2.05, 4.69) is 49.4 Å². The molecule has 2 heterocycles. The van der Waals surface area contributed by atoms with E-state index in [0.717, 1.165) is 12.0 Å². The number of piperidine rings is 1. The highest BCUT2D eigenvalue weighted by atomic mass is 15.3. The second-order valence-electron chi connectivity index (χ2n) is 7.57. The van der Waals surface area contributed by atoms with E-state index in [1.54, 1.807) is 0 Å². The molecule has 3 heteroatoms. The summed E-state index contributed by atoms with van der Waals surface area (Å²) in [4.78, 5) is 7.84. The van der Waals surface area contributed by atoms with Gasteiger partial charge < -0.3 is 9.80 Å². The van der Waals surface area contributed by atoms with Gasteiger partial charge in [0.25, 0.3) is 0 Å². The molecule has 0 atom stereocenters. The Morgan fingerprint density at radius 2 is 1.57 bits per heavy atom. The van der Waals surface area contributed by atoms with Crippen LogP contribution in [0, 0.1) is 5.92 Å². The number of piperazine rings is 1. The van der Waals surface area contributed by atoms with Crippen molar-refractivity contribution in [3.05, 3.63) is 0 Å². The van der Waals surface area contributed by atoms with Gasteiger partial charge in [-0.1, -0.05) is 13.8 Å². The largest absolute Gasteiger partial charge is 0.303 e. The van der Waals surface area contributed by atoms with Gasteiger partial charge in [0.2, 0.25) is 0 Å². The van der Waals surface area contributed by atoms with Crippen LogP contribution in [0.3, 0.4) is 0 Å². The van der Waals surface area contributed by atoms with Gasteiger partial charge in [-0.15, -0.1) is 0 Å². The van der Waals surface area contributed by atoms with Gasteiger partial charge in [0.15, 0.2) is 0 Å². The zero-order chi connectivity index (χ0) is 16.0. The number of hydrogen-bond donors (Lipinski definition) is 0. The summed E-state index contributed by atoms with van der Waals surface area (Å²) < 4.78 is 0. The molecule has 2 fully saturated rings. The highest BCUT2D eigenvalue weighted by Gasteiger charge is 2.34. The highest BCUT2D eigenvalue weighted by molar-refractivity contribution is 4.90. The Hall–Kier alpha value is -0.120. The van der Waals surface area contributed by atoms with Crippen molar-refractivity contribution < 1.29 is 0 Å². The van der Waals surface area contributed by atoms with Crippen LogP contribution in [-0.2, 0) is 0 Å². The van der Waals surface area contributed by atoms with Crippen molar-refractivity contribution in [1.29, 1.82) is 0 Å². The van der Waals surface area contributed by atoms with Crippen LogP contribution in [0.15, 0.2) is 0 Å². The summed E-state index contributed by atoms with van der Waals surface area (Å²) in [6, 6.07) is 0.723. The molecule has 0 amide bonds. The number of rotatable bonds is 3. The maximum atomic E-state index is 2.74. The van der Waals surface area contributed by atoms with Gasteiger partial charge >= 0.3 is 0 Å². The van der Waals surface area contributed by atoms with Gasteiger partial charge in [-0.2, -0.15) is 0 Å². The molecule has 0 aromatic carbocycles. The van der Waals surface area contributed by atoms with E-state index in [1.807, 2.05) is 13.8 Å². The Bertz CT molecular complexity index is 280. The average Bonchev–Trinajstić information content (AvgIpc) is 2.44. The number of likely N-dealkylation sites (tertiary alicyclic amines) is 1. The molecule has 0 saturated carbocycles. The summed E-state index contributed by atoms with van der Waals surface area (Å²) in [7, 11) is 2.25. The molecule has 0 radical (unpaired) electrons. The molecule has 0 spiro atoms. The van der Waals surface area contributed by atoms with E-state index in [9.17, 15) is 0 Å². The molecule has 0 bridgehead atoms. The zero-order valence-electron chi connectivity index (χ0n) is 15.7. The lowest BCUT2D eigenvalue weighted by Gasteiger charge is -2.48. The van der Waals surface area contributed by atoms with Crippen molar-refractivity contribution in [1.82, 2.24) is 14.7 Å². The molecule has 2 saturated heterocycles. The normalized spacial score (nSPS) is 25.7. The minimum absolute atomic E-state index is 0.349. The molecule has 0 aliphatic carbocycles. The molecule has 2 aliphatic rings. The monoisotopic (exact) mass is 297 g/mol. The first kappa shape index (κ1) is 18.9. The molecule has 0 aromatic heterocycles. The van der Waals surface area contributed by atoms with E-state index in [4.69, 9.17) is 0 Å². The van der Waals surface area contributed by atoms with E-state index >= 15 is 0 Å². The van der Waals surface area contributed by atoms with Crippen LogP contribution in [-0.4, -0.2) is 72.6 Å². The first-order valence-electron chi connectivity index (χ1n) is 9.06. The third kappa shape index (κ3) is 5.54. The van der Waals surface area contributed by atoms with Crippen molar-refractivity contribution in [3.63, 3.8) is 0 Å². The first-order chi connectivity index (χ1) is 9.88. The predicted molar refractivity (Wildman–Crippen MR) is 93.9 cm³/mol. The highest BCUT2D eigenvalue weighted by Crippen LogP contribution is 2.26. The predicted octanol–water partition coefficient (Wildman–Crippen LogP) is 3.16. The van der Waals surface area contributed by atoms with Crippen molar-refractivity contribution in [3.8, 4) is 0 Å². The molecular formula is C18H39N3. The van der Waals surface area contributed by atoms with Crippen LogP contribution >= 0.6 is 0 Å². The van der Waals surface area contributed by atoms with Crippen LogP contribution in [0.1, 0.15) is 54.4 Å². The second-order valence-corrected chi connectivity index (χ2v) is 7.57. The molecular weight excluding hydrogens is 258 g/mol. The smallest absolute Gasteiger partial charge is 0.0280 e. The maximum absolute atomic E-state index is 2.74. The van der Waals surface area contributed by atoms with Crippen molar-refractivity contribution in [2.24, 2.45) is 5.92 Å². The van der Waals surface area contributed by atoms with Crippen molar-refractivity contribution >= 4 is 0 Å². The minimum atomic E-state index is 0.349. The second kappa shape index (κ2) is 8.50. The summed E-state index contributed by atoms with van der Waals surface area (Å²) in [5.74, 6) is 0.915. The van der Waals surface area contributed by atoms with Crippen LogP contribution in [0.4, 0.5) is 0 Å². The Kier molecular flexibility index (Phi) is 7.66. The third-order valence-electron chi connectivity index (χ3n) is 5.12. The Morgan fingerprint density at radius 3 is 2.05 bits per heavy atom. The summed E-state index contributed by atoms with van der Waals surface area (Å²) in [5, 5.41) is 0. The van der Waals surface area contributed by atoms with E-state index in [1.165, 1.54) is 52.1 Å². The van der Waals surface area contributed by atoms with Crippen LogP contribution in [0.5, 0.6) is 0 Å². The SMILES string of the molecule is CC.CC(C)N1CCC(CN2CCN(C)CC2(C)C)CC1. The van der Waals surface area contributed by atoms with Gasteiger partial charge in [-0.25, -0.2) is 0 Å². The van der Waals surface area contributed by atoms with Crippen molar-refractivity contribution in [2.45, 2.75) is 66.0 Å². The number of nitrogens with zero attached hydrogens (tertiary/aromatic N) is 3. The molecule has 126 valence electrons. The zero-order valence-corrected chi connectivity index (χ0v) is 15.7. The standard InChI is InChI=1S/C16H33N3.C2H6/c1-14(2)18-8-6-15(7-9-18)12-19-11-10-17(5)13-16(19,3)4;1-2/h14-15H,6-13H2,1-5H3;1-2H3. The summed E-state index contributed by atoms with van der Waals surface area (Å²) in [6.45, 7) is 21.1. The lowest BCUT2D eigenvalue weighted by molar-refractivity contribution is 0.00950. The average molecular weight is 298 g/mol. The van der Waals surface area contributed by atoms with Gasteiger partial charge in [0.1, 0.15) is 0 Å². The number of hydrogen-bond acceptors (Lipinski definition) is 3. The Labute approximate surface area is 133 Å². The lowest BCUT2D eigenvalue weighted by Crippen LogP contribution is -2.59. The van der Waals surface area contributed by atoms with Gasteiger partial charge in [-0.3, -0.25) is 4.90 Å². The van der Waals surface area contributed by atoms with E-state index in [0.29, 0.717) is 5.54 Å². The molecule has 21 heavy (non-hydrogen) atoms. The first-order valence-corrected chi connectivity index (χ1v) is 9.06. The third-order valence-corrected chi connectivity index (χ3v) is 5.12. The molecule has 0 aromatic rings. The Morgan fingerprint density at radius 1 is 1.00 bits per heavy atom. The molecule has 3 nitrogen and oxygen atoms in total. The fourth-order valence-electron chi connectivity index (χ4n) is 3.74.